The average Bonchev–Trinajstić information content (AvgIpc) is 2.91. The molecule has 2 aromatic rings. The molecule has 0 N–H and O–H groups in total. The van der Waals surface area contributed by atoms with Crippen molar-refractivity contribution in [1.82, 2.24) is 0 Å². The van der Waals surface area contributed by atoms with Gasteiger partial charge in [-0.25, -0.2) is 0 Å². The molecule has 0 atom stereocenters. The number of rotatable bonds is 2. The van der Waals surface area contributed by atoms with Crippen LogP contribution in [0.25, 0.3) is 0 Å². The summed E-state index contributed by atoms with van der Waals surface area (Å²) in [4.78, 5) is 15.6. The molecule has 1 amide bonds. The summed E-state index contributed by atoms with van der Waals surface area (Å²) in [6, 6.07) is 10.4. The average molecular weight is 271 g/mol. The van der Waals surface area contributed by atoms with Gasteiger partial charge in [-0.05, 0) is 42.3 Å². The van der Waals surface area contributed by atoms with Gasteiger partial charge < -0.3 is 4.90 Å². The number of hydrogen-bond donors (Lipinski definition) is 0. The van der Waals surface area contributed by atoms with Crippen molar-refractivity contribution in [2.45, 2.75) is 26.2 Å². The van der Waals surface area contributed by atoms with Gasteiger partial charge in [0.25, 0.3) is 0 Å². The number of carbonyl (C=O) groups excluding carboxylic acids is 1. The van der Waals surface area contributed by atoms with Crippen LogP contribution in [0.5, 0.6) is 0 Å². The lowest BCUT2D eigenvalue weighted by atomic mass is 9.98. The van der Waals surface area contributed by atoms with E-state index in [0.717, 1.165) is 30.0 Å². The summed E-state index contributed by atoms with van der Waals surface area (Å²) in [6.07, 6.45) is 2.66. The number of nitrogens with zero attached hydrogens (tertiary/aromatic N) is 1. The summed E-state index contributed by atoms with van der Waals surface area (Å²) in [5, 5.41) is 2.03. The van der Waals surface area contributed by atoms with Gasteiger partial charge in [-0.2, -0.15) is 0 Å². The van der Waals surface area contributed by atoms with E-state index in [9.17, 15) is 4.79 Å². The van der Waals surface area contributed by atoms with Gasteiger partial charge in [0.15, 0.2) is 0 Å². The third-order valence-corrected chi connectivity index (χ3v) is 4.50. The summed E-state index contributed by atoms with van der Waals surface area (Å²) >= 11 is 1.65. The third kappa shape index (κ3) is 2.43. The van der Waals surface area contributed by atoms with Gasteiger partial charge in [0.1, 0.15) is 0 Å². The molecule has 3 rings (SSSR count). The molecule has 0 unspecified atom stereocenters. The van der Waals surface area contributed by atoms with Gasteiger partial charge in [-0.1, -0.05) is 24.3 Å². The maximum Gasteiger partial charge on any atom is 0.232 e. The van der Waals surface area contributed by atoms with E-state index in [1.165, 1.54) is 11.1 Å². The molecule has 0 fully saturated rings. The number of carbonyl (C=O) groups is 1. The minimum atomic E-state index is 0.220. The molecule has 1 aromatic heterocycles. The summed E-state index contributed by atoms with van der Waals surface area (Å²) < 4.78 is 0. The molecule has 2 heterocycles. The van der Waals surface area contributed by atoms with Crippen molar-refractivity contribution in [2.24, 2.45) is 0 Å². The molecule has 19 heavy (non-hydrogen) atoms. The molecule has 0 aliphatic carbocycles. The Morgan fingerprint density at radius 3 is 3.00 bits per heavy atom. The topological polar surface area (TPSA) is 20.3 Å². The molecule has 1 aromatic carbocycles. The van der Waals surface area contributed by atoms with Crippen LogP contribution in [-0.2, 0) is 17.6 Å². The summed E-state index contributed by atoms with van der Waals surface area (Å²) in [6.45, 7) is 2.94. The van der Waals surface area contributed by atoms with E-state index in [2.05, 4.69) is 25.1 Å². The number of amides is 1. The minimum absolute atomic E-state index is 0.220. The zero-order chi connectivity index (χ0) is 13.2. The van der Waals surface area contributed by atoms with Crippen molar-refractivity contribution in [2.75, 3.05) is 11.4 Å². The lowest BCUT2D eigenvalue weighted by Gasteiger charge is -2.31. The van der Waals surface area contributed by atoms with Gasteiger partial charge in [0.2, 0.25) is 5.91 Å². The maximum absolute atomic E-state index is 12.5. The van der Waals surface area contributed by atoms with Crippen LogP contribution in [0.1, 0.15) is 22.4 Å². The molecule has 2 nitrogen and oxygen atoms in total. The second-order valence-electron chi connectivity index (χ2n) is 4.99. The predicted molar refractivity (Wildman–Crippen MR) is 79.9 cm³/mol. The Bertz CT molecular complexity index is 589. The van der Waals surface area contributed by atoms with Crippen LogP contribution in [0.3, 0.4) is 0 Å². The van der Waals surface area contributed by atoms with Crippen LogP contribution < -0.4 is 4.90 Å². The Morgan fingerprint density at radius 1 is 1.32 bits per heavy atom. The highest BCUT2D eigenvalue weighted by molar-refractivity contribution is 7.10. The van der Waals surface area contributed by atoms with Gasteiger partial charge in [0.05, 0.1) is 6.42 Å². The Morgan fingerprint density at radius 2 is 2.21 bits per heavy atom. The maximum atomic E-state index is 12.5. The zero-order valence-corrected chi connectivity index (χ0v) is 11.9. The summed E-state index contributed by atoms with van der Waals surface area (Å²) in [5.41, 5.74) is 3.66. The van der Waals surface area contributed by atoms with E-state index < -0.39 is 0 Å². The molecule has 1 aliphatic heterocycles. The number of hydrogen-bond acceptors (Lipinski definition) is 2. The molecule has 0 saturated carbocycles. The molecule has 0 spiro atoms. The normalized spacial score (nSPS) is 14.3. The van der Waals surface area contributed by atoms with Crippen molar-refractivity contribution in [3.05, 3.63) is 51.7 Å². The van der Waals surface area contributed by atoms with Crippen LogP contribution in [0.2, 0.25) is 0 Å². The summed E-state index contributed by atoms with van der Waals surface area (Å²) in [5.74, 6) is 0.220. The van der Waals surface area contributed by atoms with E-state index in [-0.39, 0.29) is 5.91 Å². The predicted octanol–water partition coefficient (Wildman–Crippen LogP) is 3.58. The first-order valence-electron chi connectivity index (χ1n) is 6.67. The highest BCUT2D eigenvalue weighted by atomic mass is 32.1. The number of thiophene rings is 1. The Labute approximate surface area is 117 Å². The van der Waals surface area contributed by atoms with E-state index in [1.54, 1.807) is 11.3 Å². The van der Waals surface area contributed by atoms with Crippen molar-refractivity contribution in [1.29, 1.82) is 0 Å². The Hall–Kier alpha value is -1.61. The number of anilines is 1. The molecular weight excluding hydrogens is 254 g/mol. The molecule has 1 aliphatic rings. The minimum Gasteiger partial charge on any atom is -0.312 e. The smallest absolute Gasteiger partial charge is 0.232 e. The second-order valence-corrected chi connectivity index (χ2v) is 6.02. The van der Waals surface area contributed by atoms with Crippen LogP contribution in [0, 0.1) is 6.92 Å². The standard InChI is InChI=1S/C16H17NOS/c1-12-5-2-6-13-7-3-9-17(16(12)13)15(18)11-14-8-4-10-19-14/h2,4-6,8,10H,3,7,9,11H2,1H3. The first kappa shape index (κ1) is 12.4. The van der Waals surface area contributed by atoms with E-state index in [4.69, 9.17) is 0 Å². The van der Waals surface area contributed by atoms with E-state index >= 15 is 0 Å². The fourth-order valence-electron chi connectivity index (χ4n) is 2.75. The number of para-hydroxylation sites is 1. The molecule has 98 valence electrons. The molecule has 0 radical (unpaired) electrons. The van der Waals surface area contributed by atoms with Crippen LogP contribution in [-0.4, -0.2) is 12.5 Å². The van der Waals surface area contributed by atoms with Crippen molar-refractivity contribution >= 4 is 22.9 Å². The molecule has 0 bridgehead atoms. The molecular formula is C16H17NOS. The van der Waals surface area contributed by atoms with Crippen molar-refractivity contribution < 1.29 is 4.79 Å². The van der Waals surface area contributed by atoms with E-state index in [0.29, 0.717) is 6.42 Å². The largest absolute Gasteiger partial charge is 0.312 e. The lowest BCUT2D eigenvalue weighted by Crippen LogP contribution is -2.37. The number of benzene rings is 1. The van der Waals surface area contributed by atoms with Crippen molar-refractivity contribution in [3.8, 4) is 0 Å². The van der Waals surface area contributed by atoms with Crippen LogP contribution in [0.15, 0.2) is 35.7 Å². The summed E-state index contributed by atoms with van der Waals surface area (Å²) in [7, 11) is 0. The highest BCUT2D eigenvalue weighted by Gasteiger charge is 2.23. The Balaban J connectivity index is 1.89. The second kappa shape index (κ2) is 5.17. The number of fused-ring (bicyclic) bond motifs is 1. The van der Waals surface area contributed by atoms with Gasteiger partial charge in [-0.15, -0.1) is 11.3 Å². The highest BCUT2D eigenvalue weighted by Crippen LogP contribution is 2.31. The van der Waals surface area contributed by atoms with Gasteiger partial charge >= 0.3 is 0 Å². The first-order chi connectivity index (χ1) is 9.25. The zero-order valence-electron chi connectivity index (χ0n) is 11.1. The third-order valence-electron chi connectivity index (χ3n) is 3.63. The fourth-order valence-corrected chi connectivity index (χ4v) is 3.45. The SMILES string of the molecule is Cc1cccc2c1N(C(=O)Cc1cccs1)CCC2. The van der Waals surface area contributed by atoms with Gasteiger partial charge in [0, 0.05) is 17.1 Å². The first-order valence-corrected chi connectivity index (χ1v) is 7.55. The van der Waals surface area contributed by atoms with Crippen molar-refractivity contribution in [3.63, 3.8) is 0 Å². The number of aryl methyl sites for hydroxylation is 2. The monoisotopic (exact) mass is 271 g/mol. The van der Waals surface area contributed by atoms with Gasteiger partial charge in [-0.3, -0.25) is 4.79 Å². The van der Waals surface area contributed by atoms with Crippen LogP contribution in [0.4, 0.5) is 5.69 Å². The fraction of sp³-hybridized carbons (Fsp3) is 0.312. The lowest BCUT2D eigenvalue weighted by molar-refractivity contribution is -0.118. The van der Waals surface area contributed by atoms with Crippen LogP contribution >= 0.6 is 11.3 Å². The Kier molecular flexibility index (Phi) is 3.38. The van der Waals surface area contributed by atoms with E-state index in [1.807, 2.05) is 22.4 Å². The quantitative estimate of drug-likeness (QED) is 0.817. The molecule has 0 saturated heterocycles. The molecule has 3 heteroatoms.